The lowest BCUT2D eigenvalue weighted by Gasteiger charge is -2.18. The predicted molar refractivity (Wildman–Crippen MR) is 288 cm³/mol. The minimum absolute atomic E-state index is 0.0908. The maximum atomic E-state index is 12.9. The van der Waals surface area contributed by atoms with Gasteiger partial charge < -0.3 is 14.2 Å². The third kappa shape index (κ3) is 53.7. The van der Waals surface area contributed by atoms with Gasteiger partial charge in [0.25, 0.3) is 0 Å². The van der Waals surface area contributed by atoms with Crippen molar-refractivity contribution in [2.75, 3.05) is 13.2 Å². The fourth-order valence-corrected chi connectivity index (χ4v) is 7.93. The molecule has 0 radical (unpaired) electrons. The third-order valence-corrected chi connectivity index (χ3v) is 12.2. The topological polar surface area (TPSA) is 78.9 Å². The normalized spacial score (nSPS) is 12.6. The summed E-state index contributed by atoms with van der Waals surface area (Å²) in [6.07, 6.45) is 70.3. The number of carbonyl (C=O) groups excluding carboxylic acids is 3. The van der Waals surface area contributed by atoms with Crippen LogP contribution < -0.4 is 0 Å². The Morgan fingerprint density at radius 1 is 0.313 bits per heavy atom. The molecule has 0 aromatic carbocycles. The first-order chi connectivity index (χ1) is 33.0. The quantitative estimate of drug-likeness (QED) is 0.0262. The van der Waals surface area contributed by atoms with Crippen molar-refractivity contribution in [1.29, 1.82) is 0 Å². The molecule has 0 fully saturated rings. The average molecular weight is 936 g/mol. The molecular formula is C61H106O6. The number of rotatable bonds is 51. The first-order valence-corrected chi connectivity index (χ1v) is 28.4. The molecule has 0 aliphatic carbocycles. The van der Waals surface area contributed by atoms with Crippen LogP contribution in [0.2, 0.25) is 0 Å². The zero-order chi connectivity index (χ0) is 48.6. The highest BCUT2D eigenvalue weighted by atomic mass is 16.6. The highest BCUT2D eigenvalue weighted by Crippen LogP contribution is 2.16. The minimum atomic E-state index is -0.794. The minimum Gasteiger partial charge on any atom is -0.462 e. The van der Waals surface area contributed by atoms with Gasteiger partial charge in [-0.1, -0.05) is 241 Å². The zero-order valence-electron chi connectivity index (χ0n) is 44.2. The van der Waals surface area contributed by atoms with Crippen LogP contribution in [0, 0.1) is 0 Å². The van der Waals surface area contributed by atoms with Crippen LogP contribution in [0.15, 0.2) is 72.9 Å². The summed E-state index contributed by atoms with van der Waals surface area (Å²) in [5.74, 6) is -0.931. The maximum absolute atomic E-state index is 12.9. The van der Waals surface area contributed by atoms with Gasteiger partial charge in [0.2, 0.25) is 0 Å². The Balaban J connectivity index is 4.43. The molecule has 0 aliphatic heterocycles. The monoisotopic (exact) mass is 935 g/mol. The van der Waals surface area contributed by atoms with Crippen LogP contribution in [0.1, 0.15) is 278 Å². The summed E-state index contributed by atoms with van der Waals surface area (Å²) in [6, 6.07) is 0. The molecule has 0 aliphatic rings. The number of hydrogen-bond donors (Lipinski definition) is 0. The summed E-state index contributed by atoms with van der Waals surface area (Å²) < 4.78 is 16.8. The summed E-state index contributed by atoms with van der Waals surface area (Å²) in [5, 5.41) is 0. The van der Waals surface area contributed by atoms with Crippen LogP contribution in [0.5, 0.6) is 0 Å². The van der Waals surface area contributed by atoms with Gasteiger partial charge in [-0.3, -0.25) is 14.4 Å². The summed E-state index contributed by atoms with van der Waals surface area (Å²) in [7, 11) is 0. The lowest BCUT2D eigenvalue weighted by Crippen LogP contribution is -2.30. The average Bonchev–Trinajstić information content (AvgIpc) is 3.33. The maximum Gasteiger partial charge on any atom is 0.306 e. The third-order valence-electron chi connectivity index (χ3n) is 12.2. The van der Waals surface area contributed by atoms with E-state index in [1.807, 2.05) is 0 Å². The summed E-state index contributed by atoms with van der Waals surface area (Å²) >= 11 is 0. The Kier molecular flexibility index (Phi) is 52.8. The van der Waals surface area contributed by atoms with Crippen LogP contribution in [0.3, 0.4) is 0 Å². The van der Waals surface area contributed by atoms with E-state index in [4.69, 9.17) is 14.2 Å². The number of unbranched alkanes of at least 4 members (excludes halogenated alkanes) is 28. The molecule has 0 bridgehead atoms. The van der Waals surface area contributed by atoms with Gasteiger partial charge in [0.1, 0.15) is 13.2 Å². The lowest BCUT2D eigenvalue weighted by atomic mass is 10.0. The molecule has 0 saturated heterocycles. The molecule has 0 spiro atoms. The van der Waals surface area contributed by atoms with Gasteiger partial charge in [-0.2, -0.15) is 0 Å². The Hall–Kier alpha value is -3.15. The highest BCUT2D eigenvalue weighted by Gasteiger charge is 2.19. The number of hydrogen-bond acceptors (Lipinski definition) is 6. The molecule has 0 amide bonds. The molecule has 67 heavy (non-hydrogen) atoms. The Morgan fingerprint density at radius 3 is 0.970 bits per heavy atom. The van der Waals surface area contributed by atoms with Crippen molar-refractivity contribution in [3.05, 3.63) is 72.9 Å². The van der Waals surface area contributed by atoms with Crippen molar-refractivity contribution in [3.8, 4) is 0 Å². The van der Waals surface area contributed by atoms with Crippen molar-refractivity contribution < 1.29 is 28.6 Å². The highest BCUT2D eigenvalue weighted by molar-refractivity contribution is 5.71. The van der Waals surface area contributed by atoms with Crippen LogP contribution in [-0.4, -0.2) is 37.2 Å². The molecular weight excluding hydrogens is 829 g/mol. The van der Waals surface area contributed by atoms with E-state index in [0.29, 0.717) is 19.3 Å². The van der Waals surface area contributed by atoms with Gasteiger partial charge in [0, 0.05) is 19.3 Å². The predicted octanol–water partition coefficient (Wildman–Crippen LogP) is 19.0. The fraction of sp³-hybridized carbons (Fsp3) is 0.754. The van der Waals surface area contributed by atoms with Crippen LogP contribution in [-0.2, 0) is 28.6 Å². The standard InChI is InChI=1S/C61H106O6/c1-4-7-10-13-16-19-22-25-28-30-33-36-39-42-45-48-51-54-60(63)66-57-58(56-65-59(62)53-50-47-44-41-38-35-32-27-24-21-18-15-12-9-6-3)67-61(64)55-52-49-46-43-40-37-34-31-29-26-23-20-17-14-11-8-5-2/h9,12,16,18-19,21,25,27-28,32,38,41,58H,4-8,10-11,13-15,17,20,22-24,26,29-31,33-37,39-40,42-57H2,1-3H3/b12-9-,19-16-,21-18-,28-25-,32-27-,41-38-/t58-/m1/s1. The van der Waals surface area contributed by atoms with Gasteiger partial charge in [-0.05, 0) is 89.9 Å². The number of carbonyl (C=O) groups is 3. The molecule has 0 heterocycles. The van der Waals surface area contributed by atoms with E-state index in [1.54, 1.807) is 0 Å². The second-order valence-electron chi connectivity index (χ2n) is 18.8. The second-order valence-corrected chi connectivity index (χ2v) is 18.8. The van der Waals surface area contributed by atoms with Gasteiger partial charge in [0.05, 0.1) is 0 Å². The largest absolute Gasteiger partial charge is 0.462 e. The van der Waals surface area contributed by atoms with E-state index in [-0.39, 0.29) is 31.1 Å². The molecule has 0 aromatic rings. The van der Waals surface area contributed by atoms with Crippen LogP contribution >= 0.6 is 0 Å². The number of allylic oxidation sites excluding steroid dienone is 12. The first kappa shape index (κ1) is 63.8. The lowest BCUT2D eigenvalue weighted by molar-refractivity contribution is -0.167. The van der Waals surface area contributed by atoms with E-state index < -0.39 is 6.10 Å². The SMILES string of the molecule is CC/C=C\C/C=C\C/C=C\C/C=C\CCCCC(=O)OC[C@H](COC(=O)CCCCCCCCC/C=C\C/C=C\CCCCC)OC(=O)CCCCCCCCCCCCCCCCCCC. The Bertz CT molecular complexity index is 1260. The van der Waals surface area contributed by atoms with E-state index in [0.717, 1.165) is 96.3 Å². The molecule has 0 unspecified atom stereocenters. The molecule has 0 saturated carbocycles. The molecule has 386 valence electrons. The molecule has 1 atom stereocenters. The number of esters is 3. The van der Waals surface area contributed by atoms with Crippen LogP contribution in [0.25, 0.3) is 0 Å². The molecule has 0 N–H and O–H groups in total. The Labute approximate surface area is 414 Å². The van der Waals surface area contributed by atoms with E-state index in [1.165, 1.54) is 141 Å². The zero-order valence-corrected chi connectivity index (χ0v) is 44.2. The van der Waals surface area contributed by atoms with Crippen molar-refractivity contribution in [3.63, 3.8) is 0 Å². The van der Waals surface area contributed by atoms with Crippen molar-refractivity contribution >= 4 is 17.9 Å². The fourth-order valence-electron chi connectivity index (χ4n) is 7.93. The van der Waals surface area contributed by atoms with Crippen molar-refractivity contribution in [2.24, 2.45) is 0 Å². The van der Waals surface area contributed by atoms with E-state index in [9.17, 15) is 14.4 Å². The smallest absolute Gasteiger partial charge is 0.306 e. The van der Waals surface area contributed by atoms with Gasteiger partial charge in [-0.25, -0.2) is 0 Å². The van der Waals surface area contributed by atoms with E-state index in [2.05, 4.69) is 93.7 Å². The van der Waals surface area contributed by atoms with Gasteiger partial charge in [0.15, 0.2) is 6.10 Å². The molecule has 6 nitrogen and oxygen atoms in total. The molecule has 6 heteroatoms. The van der Waals surface area contributed by atoms with Crippen molar-refractivity contribution in [2.45, 2.75) is 284 Å². The second kappa shape index (κ2) is 55.4. The molecule has 0 aromatic heterocycles. The van der Waals surface area contributed by atoms with Gasteiger partial charge >= 0.3 is 17.9 Å². The van der Waals surface area contributed by atoms with E-state index >= 15 is 0 Å². The summed E-state index contributed by atoms with van der Waals surface area (Å²) in [6.45, 7) is 6.48. The summed E-state index contributed by atoms with van der Waals surface area (Å²) in [5.41, 5.74) is 0. The van der Waals surface area contributed by atoms with Crippen LogP contribution in [0.4, 0.5) is 0 Å². The molecule has 0 rings (SSSR count). The Morgan fingerprint density at radius 2 is 0.582 bits per heavy atom. The van der Waals surface area contributed by atoms with Crippen molar-refractivity contribution in [1.82, 2.24) is 0 Å². The number of ether oxygens (including phenoxy) is 3. The summed E-state index contributed by atoms with van der Waals surface area (Å²) in [4.78, 5) is 38.1. The van der Waals surface area contributed by atoms with Gasteiger partial charge in [-0.15, -0.1) is 0 Å². The first-order valence-electron chi connectivity index (χ1n) is 28.4.